The average Bonchev–Trinajstić information content (AvgIpc) is 3.07. The highest BCUT2D eigenvalue weighted by Gasteiger charge is 2.03. The molecule has 0 atom stereocenters. The van der Waals surface area contributed by atoms with Crippen LogP contribution in [0.4, 0.5) is 0 Å². The van der Waals surface area contributed by atoms with E-state index in [1.54, 1.807) is 0 Å². The Morgan fingerprint density at radius 1 is 1.19 bits per heavy atom. The Morgan fingerprint density at radius 2 is 1.70 bits per heavy atom. The molecular formula is C22H41N3O2. The molecule has 1 amide bonds. The molecule has 5 heteroatoms. The third-order valence-electron chi connectivity index (χ3n) is 2.74. The van der Waals surface area contributed by atoms with Crippen molar-refractivity contribution in [3.05, 3.63) is 36.0 Å². The van der Waals surface area contributed by atoms with Gasteiger partial charge in [0.25, 0.3) is 0 Å². The van der Waals surface area contributed by atoms with Gasteiger partial charge in [0.2, 0.25) is 5.91 Å². The van der Waals surface area contributed by atoms with Gasteiger partial charge in [-0.15, -0.1) is 0 Å². The normalized spacial score (nSPS) is 8.52. The Kier molecular flexibility index (Phi) is 24.0. The van der Waals surface area contributed by atoms with Gasteiger partial charge in [0.15, 0.2) is 0 Å². The highest BCUT2D eigenvalue weighted by molar-refractivity contribution is 5.83. The van der Waals surface area contributed by atoms with E-state index in [1.807, 2.05) is 13.8 Å². The number of benzene rings is 1. The SMILES string of the molecule is CC.CC(=O)NCC=O.CC(C)Cc1c[nH]c2ccccc12.CCC.CN. The number of rotatable bonds is 4. The van der Waals surface area contributed by atoms with E-state index in [9.17, 15) is 9.59 Å². The average molecular weight is 380 g/mol. The summed E-state index contributed by atoms with van der Waals surface area (Å²) in [6, 6.07) is 8.47. The topological polar surface area (TPSA) is 88.0 Å². The maximum absolute atomic E-state index is 9.93. The molecule has 27 heavy (non-hydrogen) atoms. The molecule has 2 aromatic rings. The van der Waals surface area contributed by atoms with E-state index in [0.29, 0.717) is 6.29 Å². The first-order chi connectivity index (χ1) is 13.0. The second-order valence-corrected chi connectivity index (χ2v) is 5.77. The monoisotopic (exact) mass is 379 g/mol. The van der Waals surface area contributed by atoms with Crippen LogP contribution < -0.4 is 11.1 Å². The van der Waals surface area contributed by atoms with E-state index in [0.717, 1.165) is 12.3 Å². The molecule has 0 aliphatic carbocycles. The lowest BCUT2D eigenvalue weighted by Crippen LogP contribution is -2.21. The molecule has 0 aliphatic rings. The van der Waals surface area contributed by atoms with Crippen molar-refractivity contribution in [1.29, 1.82) is 0 Å². The molecule has 2 rings (SSSR count). The molecule has 0 bridgehead atoms. The molecule has 0 spiro atoms. The number of fused-ring (bicyclic) bond motifs is 1. The molecule has 4 N–H and O–H groups in total. The number of nitrogens with one attached hydrogen (secondary N) is 2. The summed E-state index contributed by atoms with van der Waals surface area (Å²) in [6.45, 7) is 14.2. The van der Waals surface area contributed by atoms with E-state index in [2.05, 4.69) is 74.2 Å². The number of para-hydroxylation sites is 1. The van der Waals surface area contributed by atoms with Crippen molar-refractivity contribution in [3.63, 3.8) is 0 Å². The van der Waals surface area contributed by atoms with E-state index in [-0.39, 0.29) is 12.5 Å². The number of carbonyl (C=O) groups is 2. The summed E-state index contributed by atoms with van der Waals surface area (Å²) < 4.78 is 0. The van der Waals surface area contributed by atoms with Gasteiger partial charge < -0.3 is 20.8 Å². The van der Waals surface area contributed by atoms with Gasteiger partial charge in [-0.05, 0) is 31.0 Å². The van der Waals surface area contributed by atoms with Crippen LogP contribution >= 0.6 is 0 Å². The fourth-order valence-electron chi connectivity index (χ4n) is 1.93. The summed E-state index contributed by atoms with van der Waals surface area (Å²) in [7, 11) is 1.50. The largest absolute Gasteiger partial charge is 0.361 e. The van der Waals surface area contributed by atoms with Crippen molar-refractivity contribution >= 4 is 23.1 Å². The van der Waals surface area contributed by atoms with Crippen molar-refractivity contribution in [2.75, 3.05) is 13.6 Å². The Labute approximate surface area is 166 Å². The van der Waals surface area contributed by atoms with E-state index < -0.39 is 0 Å². The van der Waals surface area contributed by atoms with Crippen LogP contribution in [0.1, 0.15) is 60.5 Å². The zero-order chi connectivity index (χ0) is 21.7. The lowest BCUT2D eigenvalue weighted by atomic mass is 10.0. The summed E-state index contributed by atoms with van der Waals surface area (Å²) in [5.74, 6) is 0.548. The number of hydrogen-bond donors (Lipinski definition) is 3. The number of hydrogen-bond acceptors (Lipinski definition) is 3. The molecular weight excluding hydrogens is 338 g/mol. The van der Waals surface area contributed by atoms with Crippen LogP contribution in [0.25, 0.3) is 10.9 Å². The maximum atomic E-state index is 9.93. The zero-order valence-electron chi connectivity index (χ0n) is 18.6. The molecule has 0 unspecified atom stereocenters. The molecule has 5 nitrogen and oxygen atoms in total. The van der Waals surface area contributed by atoms with Crippen LogP contribution in [-0.2, 0) is 16.0 Å². The van der Waals surface area contributed by atoms with Crippen LogP contribution in [0, 0.1) is 5.92 Å². The first kappa shape index (κ1) is 29.6. The van der Waals surface area contributed by atoms with E-state index >= 15 is 0 Å². The number of aromatic nitrogens is 1. The minimum Gasteiger partial charge on any atom is -0.361 e. The first-order valence-electron chi connectivity index (χ1n) is 9.76. The summed E-state index contributed by atoms with van der Waals surface area (Å²) >= 11 is 0. The van der Waals surface area contributed by atoms with Gasteiger partial charge in [0.05, 0.1) is 6.54 Å². The molecule has 0 radical (unpaired) electrons. The quantitative estimate of drug-likeness (QED) is 0.672. The fraction of sp³-hybridized carbons (Fsp3) is 0.545. The number of aromatic amines is 1. The fourth-order valence-corrected chi connectivity index (χ4v) is 1.93. The highest BCUT2D eigenvalue weighted by Crippen LogP contribution is 2.20. The van der Waals surface area contributed by atoms with Crippen LogP contribution in [-0.4, -0.2) is 30.8 Å². The van der Waals surface area contributed by atoms with Crippen LogP contribution in [0.15, 0.2) is 30.5 Å². The maximum Gasteiger partial charge on any atom is 0.217 e. The van der Waals surface area contributed by atoms with Crippen molar-refractivity contribution in [2.45, 2.75) is 61.3 Å². The summed E-state index contributed by atoms with van der Waals surface area (Å²) in [6.07, 6.45) is 5.18. The molecule has 0 saturated carbocycles. The Morgan fingerprint density at radius 3 is 2.11 bits per heavy atom. The van der Waals surface area contributed by atoms with Crippen LogP contribution in [0.5, 0.6) is 0 Å². The standard InChI is InChI=1S/C12H15N.C4H7NO2.C3H8.C2H6.CH5N/c1-9(2)7-10-8-13-12-6-4-3-5-11(10)12;1-4(7)5-2-3-6;1-3-2;2*1-2/h3-6,8-9,13H,7H2,1-2H3;3H,2H2,1H3,(H,5,7);3H2,1-2H3;1-2H3;2H2,1H3. The van der Waals surface area contributed by atoms with Gasteiger partial charge in [-0.1, -0.05) is 66.2 Å². The number of carbonyl (C=O) groups excluding carboxylic acids is 2. The van der Waals surface area contributed by atoms with Gasteiger partial charge in [-0.25, -0.2) is 0 Å². The van der Waals surface area contributed by atoms with Crippen molar-refractivity contribution in [3.8, 4) is 0 Å². The van der Waals surface area contributed by atoms with Gasteiger partial charge in [-0.2, -0.15) is 0 Å². The molecule has 1 aromatic carbocycles. The van der Waals surface area contributed by atoms with E-state index in [4.69, 9.17) is 0 Å². The van der Waals surface area contributed by atoms with Gasteiger partial charge in [0.1, 0.15) is 6.29 Å². The zero-order valence-corrected chi connectivity index (χ0v) is 18.6. The summed E-state index contributed by atoms with van der Waals surface area (Å²) in [5.41, 5.74) is 7.18. The Bertz CT molecular complexity index is 578. The minimum absolute atomic E-state index is 0.120. The second kappa shape index (κ2) is 21.9. The van der Waals surface area contributed by atoms with Gasteiger partial charge >= 0.3 is 0 Å². The Hall–Kier alpha value is -2.14. The number of amides is 1. The third kappa shape index (κ3) is 17.0. The van der Waals surface area contributed by atoms with Crippen LogP contribution in [0.3, 0.4) is 0 Å². The smallest absolute Gasteiger partial charge is 0.217 e. The number of nitrogens with two attached hydrogens (primary N) is 1. The molecule has 0 aliphatic heterocycles. The molecule has 1 heterocycles. The summed E-state index contributed by atoms with van der Waals surface area (Å²) in [5, 5.41) is 3.66. The highest BCUT2D eigenvalue weighted by atomic mass is 16.2. The molecule has 156 valence electrons. The minimum atomic E-state index is -0.174. The summed E-state index contributed by atoms with van der Waals surface area (Å²) in [4.78, 5) is 22.7. The third-order valence-corrected chi connectivity index (χ3v) is 2.74. The van der Waals surface area contributed by atoms with Crippen LogP contribution in [0.2, 0.25) is 0 Å². The van der Waals surface area contributed by atoms with Gasteiger partial charge in [-0.3, -0.25) is 4.79 Å². The lowest BCUT2D eigenvalue weighted by molar-refractivity contribution is -0.120. The van der Waals surface area contributed by atoms with Gasteiger partial charge in [0, 0.05) is 24.0 Å². The Balaban J connectivity index is -0.000000351. The van der Waals surface area contributed by atoms with E-state index in [1.165, 1.54) is 36.9 Å². The van der Waals surface area contributed by atoms with Crippen molar-refractivity contribution in [2.24, 2.45) is 11.7 Å². The number of H-pyrrole nitrogens is 1. The first-order valence-corrected chi connectivity index (χ1v) is 9.76. The molecule has 0 fully saturated rings. The second-order valence-electron chi connectivity index (χ2n) is 5.77. The van der Waals surface area contributed by atoms with Crippen molar-refractivity contribution in [1.82, 2.24) is 10.3 Å². The van der Waals surface area contributed by atoms with Crippen molar-refractivity contribution < 1.29 is 9.59 Å². The molecule has 1 aromatic heterocycles. The lowest BCUT2D eigenvalue weighted by Gasteiger charge is -2.01. The number of aldehydes is 1. The molecule has 0 saturated heterocycles. The predicted octanol–water partition coefficient (Wildman–Crippen LogP) is 4.71. The predicted molar refractivity (Wildman–Crippen MR) is 119 cm³/mol.